The first kappa shape index (κ1) is 10.5. The van der Waals surface area contributed by atoms with Crippen LogP contribution in [0.4, 0.5) is 0 Å². The first-order chi connectivity index (χ1) is 7.20. The minimum atomic E-state index is 0.760. The van der Waals surface area contributed by atoms with Crippen LogP contribution in [0.3, 0.4) is 0 Å². The predicted molar refractivity (Wildman–Crippen MR) is 64.7 cm³/mol. The number of rotatable bonds is 2. The minimum Gasteiger partial charge on any atom is -0.314 e. The molecule has 0 aliphatic rings. The molecule has 78 valence electrons. The molecule has 0 amide bonds. The molecule has 0 radical (unpaired) electrons. The Kier molecular flexibility index (Phi) is 2.98. The Bertz CT molecular complexity index is 496. The summed E-state index contributed by atoms with van der Waals surface area (Å²) < 4.78 is 1.06. The molecule has 4 heteroatoms. The van der Waals surface area contributed by atoms with Crippen molar-refractivity contribution in [1.29, 1.82) is 0 Å². The van der Waals surface area contributed by atoms with Crippen molar-refractivity contribution in [3.63, 3.8) is 0 Å². The number of halogens is 1. The molecule has 0 atom stereocenters. The molecule has 0 spiro atoms. The molecule has 0 bridgehead atoms. The molecule has 1 N–H and O–H groups in total. The van der Waals surface area contributed by atoms with Crippen molar-refractivity contribution in [3.8, 4) is 0 Å². The van der Waals surface area contributed by atoms with Crippen molar-refractivity contribution < 1.29 is 0 Å². The molecule has 1 aromatic carbocycles. The maximum absolute atomic E-state index is 4.44. The Morgan fingerprint density at radius 2 is 2.13 bits per heavy atom. The summed E-state index contributed by atoms with van der Waals surface area (Å²) in [5.74, 6) is 0.815. The van der Waals surface area contributed by atoms with Gasteiger partial charge >= 0.3 is 0 Å². The van der Waals surface area contributed by atoms with Gasteiger partial charge in [-0.2, -0.15) is 0 Å². The quantitative estimate of drug-likeness (QED) is 0.907. The molecule has 0 fully saturated rings. The summed E-state index contributed by atoms with van der Waals surface area (Å²) >= 11 is 3.46. The topological polar surface area (TPSA) is 37.8 Å². The van der Waals surface area contributed by atoms with Crippen molar-refractivity contribution in [2.75, 3.05) is 7.05 Å². The molecule has 2 aromatic rings. The van der Waals surface area contributed by atoms with Gasteiger partial charge in [0.05, 0.1) is 11.2 Å². The van der Waals surface area contributed by atoms with Crippen molar-refractivity contribution in [2.24, 2.45) is 0 Å². The van der Waals surface area contributed by atoms with E-state index in [-0.39, 0.29) is 0 Å². The number of nitrogens with zero attached hydrogens (tertiary/aromatic N) is 2. The lowest BCUT2D eigenvalue weighted by Gasteiger charge is -2.06. The lowest BCUT2D eigenvalue weighted by molar-refractivity contribution is 0.789. The molecular formula is C11H12BrN3. The third-order valence-electron chi connectivity index (χ3n) is 2.19. The van der Waals surface area contributed by atoms with Gasteiger partial charge in [-0.1, -0.05) is 15.9 Å². The van der Waals surface area contributed by atoms with Crippen LogP contribution in [0.25, 0.3) is 10.9 Å². The van der Waals surface area contributed by atoms with Gasteiger partial charge in [-0.05, 0) is 32.2 Å². The van der Waals surface area contributed by atoms with Crippen LogP contribution >= 0.6 is 15.9 Å². The maximum Gasteiger partial charge on any atom is 0.126 e. The van der Waals surface area contributed by atoms with Crippen molar-refractivity contribution >= 4 is 26.8 Å². The first-order valence-corrected chi connectivity index (χ1v) is 5.57. The Morgan fingerprint density at radius 1 is 1.33 bits per heavy atom. The van der Waals surface area contributed by atoms with E-state index in [4.69, 9.17) is 0 Å². The van der Waals surface area contributed by atoms with E-state index in [1.54, 1.807) is 0 Å². The summed E-state index contributed by atoms with van der Waals surface area (Å²) in [6, 6.07) is 6.06. The monoisotopic (exact) mass is 265 g/mol. The molecule has 0 unspecified atom stereocenters. The second-order valence-corrected chi connectivity index (χ2v) is 4.32. The van der Waals surface area contributed by atoms with Crippen molar-refractivity contribution in [3.05, 3.63) is 34.2 Å². The van der Waals surface area contributed by atoms with Crippen LogP contribution < -0.4 is 5.32 Å². The number of nitrogens with one attached hydrogen (secondary N) is 1. The molecule has 3 nitrogen and oxygen atoms in total. The average molecular weight is 266 g/mol. The van der Waals surface area contributed by atoms with Crippen LogP contribution in [0, 0.1) is 6.92 Å². The Labute approximate surface area is 97.1 Å². The summed E-state index contributed by atoms with van der Waals surface area (Å²) in [6.07, 6.45) is 0. The van der Waals surface area contributed by atoms with E-state index in [2.05, 4.69) is 37.3 Å². The SMILES string of the molecule is CNCc1nc(C)nc2ccc(Br)cc12. The number of aryl methyl sites for hydroxylation is 1. The van der Waals surface area contributed by atoms with Crippen LogP contribution in [-0.4, -0.2) is 17.0 Å². The molecular weight excluding hydrogens is 254 g/mol. The van der Waals surface area contributed by atoms with Crippen LogP contribution in [-0.2, 0) is 6.54 Å². The van der Waals surface area contributed by atoms with Gasteiger partial charge in [0.15, 0.2) is 0 Å². The lowest BCUT2D eigenvalue weighted by Crippen LogP contribution is -2.09. The highest BCUT2D eigenvalue weighted by Crippen LogP contribution is 2.20. The second-order valence-electron chi connectivity index (χ2n) is 3.41. The fraction of sp³-hybridized carbons (Fsp3) is 0.273. The van der Waals surface area contributed by atoms with E-state index in [9.17, 15) is 0 Å². The van der Waals surface area contributed by atoms with Crippen molar-refractivity contribution in [2.45, 2.75) is 13.5 Å². The summed E-state index contributed by atoms with van der Waals surface area (Å²) in [5.41, 5.74) is 2.04. The molecule has 2 rings (SSSR count). The average Bonchev–Trinajstić information content (AvgIpc) is 2.19. The molecule has 0 saturated heterocycles. The van der Waals surface area contributed by atoms with Crippen molar-refractivity contribution in [1.82, 2.24) is 15.3 Å². The number of benzene rings is 1. The maximum atomic E-state index is 4.44. The van der Waals surface area contributed by atoms with Gasteiger partial charge in [0.2, 0.25) is 0 Å². The number of hydrogen-bond acceptors (Lipinski definition) is 3. The second kappa shape index (κ2) is 4.24. The lowest BCUT2D eigenvalue weighted by atomic mass is 10.2. The zero-order valence-corrected chi connectivity index (χ0v) is 10.3. The van der Waals surface area contributed by atoms with E-state index < -0.39 is 0 Å². The van der Waals surface area contributed by atoms with Crippen LogP contribution in [0.2, 0.25) is 0 Å². The molecule has 0 aliphatic heterocycles. The van der Waals surface area contributed by atoms with Gasteiger partial charge in [0.1, 0.15) is 5.82 Å². The zero-order chi connectivity index (χ0) is 10.8. The first-order valence-electron chi connectivity index (χ1n) is 4.78. The normalized spacial score (nSPS) is 10.9. The van der Waals surface area contributed by atoms with Gasteiger partial charge in [-0.15, -0.1) is 0 Å². The number of fused-ring (bicyclic) bond motifs is 1. The third kappa shape index (κ3) is 2.16. The Morgan fingerprint density at radius 3 is 2.87 bits per heavy atom. The number of aromatic nitrogens is 2. The van der Waals surface area contributed by atoms with E-state index in [0.29, 0.717) is 0 Å². The van der Waals surface area contributed by atoms with Crippen LogP contribution in [0.5, 0.6) is 0 Å². The van der Waals surface area contributed by atoms with E-state index >= 15 is 0 Å². The van der Waals surface area contributed by atoms with Gasteiger partial charge in [0, 0.05) is 16.4 Å². The minimum absolute atomic E-state index is 0.760. The smallest absolute Gasteiger partial charge is 0.126 e. The highest BCUT2D eigenvalue weighted by atomic mass is 79.9. The van der Waals surface area contributed by atoms with Gasteiger partial charge in [-0.3, -0.25) is 0 Å². The molecule has 0 aliphatic carbocycles. The highest BCUT2D eigenvalue weighted by Gasteiger charge is 2.05. The van der Waals surface area contributed by atoms with Gasteiger partial charge in [0.25, 0.3) is 0 Å². The summed E-state index contributed by atoms with van der Waals surface area (Å²) in [6.45, 7) is 2.68. The molecule has 0 saturated carbocycles. The fourth-order valence-electron chi connectivity index (χ4n) is 1.59. The van der Waals surface area contributed by atoms with E-state index in [0.717, 1.165) is 33.4 Å². The zero-order valence-electron chi connectivity index (χ0n) is 8.71. The van der Waals surface area contributed by atoms with Gasteiger partial charge < -0.3 is 5.32 Å². The van der Waals surface area contributed by atoms with Crippen LogP contribution in [0.15, 0.2) is 22.7 Å². The van der Waals surface area contributed by atoms with Gasteiger partial charge in [-0.25, -0.2) is 9.97 Å². The largest absolute Gasteiger partial charge is 0.314 e. The summed E-state index contributed by atoms with van der Waals surface area (Å²) in [4.78, 5) is 8.84. The summed E-state index contributed by atoms with van der Waals surface area (Å²) in [7, 11) is 1.92. The molecule has 1 aromatic heterocycles. The predicted octanol–water partition coefficient (Wildman–Crippen LogP) is 2.42. The van der Waals surface area contributed by atoms with E-state index in [1.807, 2.05) is 26.1 Å². The molecule has 15 heavy (non-hydrogen) atoms. The molecule has 1 heterocycles. The van der Waals surface area contributed by atoms with E-state index in [1.165, 1.54) is 0 Å². The third-order valence-corrected chi connectivity index (χ3v) is 2.69. The Balaban J connectivity index is 2.70. The Hall–Kier alpha value is -1.000. The highest BCUT2D eigenvalue weighted by molar-refractivity contribution is 9.10. The standard InChI is InChI=1S/C11H12BrN3/c1-7-14-10-4-3-8(12)5-9(10)11(15-7)6-13-2/h3-5,13H,6H2,1-2H3. The summed E-state index contributed by atoms with van der Waals surface area (Å²) in [5, 5.41) is 4.22. The van der Waals surface area contributed by atoms with Crippen LogP contribution in [0.1, 0.15) is 11.5 Å². The fourth-order valence-corrected chi connectivity index (χ4v) is 1.96. The number of hydrogen-bond donors (Lipinski definition) is 1.